The lowest BCUT2D eigenvalue weighted by Crippen LogP contribution is -2.28. The molecule has 0 aromatic rings. The van der Waals surface area contributed by atoms with Gasteiger partial charge in [-0.2, -0.15) is 0 Å². The van der Waals surface area contributed by atoms with E-state index in [1.165, 1.54) is 11.1 Å². The number of carbonyl (C=O) groups excluding carboxylic acids is 1. The Bertz CT molecular complexity index is 331. The third-order valence-corrected chi connectivity index (χ3v) is 2.42. The Morgan fingerprint density at radius 3 is 2.32 bits per heavy atom. The number of ether oxygens (including phenoxy) is 1. The summed E-state index contributed by atoms with van der Waals surface area (Å²) in [6, 6.07) is 0. The highest BCUT2D eigenvalue weighted by molar-refractivity contribution is 5.67. The van der Waals surface area contributed by atoms with Crippen LogP contribution in [0.2, 0.25) is 0 Å². The molecule has 1 amide bonds. The van der Waals surface area contributed by atoms with E-state index < -0.39 is 0 Å². The summed E-state index contributed by atoms with van der Waals surface area (Å²) >= 11 is 0. The molecule has 0 saturated carbocycles. The number of carbonyl (C=O) groups is 1. The van der Waals surface area contributed by atoms with E-state index in [-0.39, 0.29) is 11.5 Å². The first kappa shape index (κ1) is 17.8. The minimum atomic E-state index is -0.344. The molecule has 0 aliphatic carbocycles. The topological polar surface area (TPSA) is 38.3 Å². The van der Waals surface area contributed by atoms with Gasteiger partial charge in [-0.3, -0.25) is 0 Å². The van der Waals surface area contributed by atoms with Crippen LogP contribution in [0.4, 0.5) is 4.79 Å². The Balaban J connectivity index is 3.81. The standard InChI is InChI=1S/C16H29NO2/c1-13(2)8-7-9-14(3)10-11-17-15(18)19-12-16(4,5)6/h8,10H,7,9,11-12H2,1-6H3,(H,17,18)/b14-10+. The smallest absolute Gasteiger partial charge is 0.407 e. The van der Waals surface area contributed by atoms with Crippen molar-refractivity contribution in [3.05, 3.63) is 23.3 Å². The number of rotatable bonds is 6. The van der Waals surface area contributed by atoms with E-state index in [1.54, 1.807) is 0 Å². The van der Waals surface area contributed by atoms with Crippen LogP contribution in [0.1, 0.15) is 54.4 Å². The van der Waals surface area contributed by atoms with Crippen molar-refractivity contribution in [1.29, 1.82) is 0 Å². The van der Waals surface area contributed by atoms with Gasteiger partial charge in [-0.05, 0) is 39.0 Å². The molecule has 0 saturated heterocycles. The first-order chi connectivity index (χ1) is 8.70. The van der Waals surface area contributed by atoms with Gasteiger partial charge in [-0.1, -0.05) is 44.1 Å². The second-order valence-corrected chi connectivity index (χ2v) is 6.39. The van der Waals surface area contributed by atoms with Gasteiger partial charge >= 0.3 is 6.09 Å². The van der Waals surface area contributed by atoms with Crippen molar-refractivity contribution in [2.45, 2.75) is 54.4 Å². The highest BCUT2D eigenvalue weighted by atomic mass is 16.5. The van der Waals surface area contributed by atoms with Crippen molar-refractivity contribution in [3.8, 4) is 0 Å². The summed E-state index contributed by atoms with van der Waals surface area (Å²) in [5, 5.41) is 2.73. The first-order valence-electron chi connectivity index (χ1n) is 6.90. The number of amides is 1. The monoisotopic (exact) mass is 267 g/mol. The Hall–Kier alpha value is -1.25. The second-order valence-electron chi connectivity index (χ2n) is 6.39. The Morgan fingerprint density at radius 2 is 1.79 bits per heavy atom. The van der Waals surface area contributed by atoms with Crippen molar-refractivity contribution >= 4 is 6.09 Å². The maximum atomic E-state index is 11.4. The van der Waals surface area contributed by atoms with Gasteiger partial charge in [0.05, 0.1) is 6.61 Å². The third-order valence-electron chi connectivity index (χ3n) is 2.42. The molecule has 0 radical (unpaired) electrons. The molecule has 0 atom stereocenters. The molecular formula is C16H29NO2. The van der Waals surface area contributed by atoms with E-state index in [2.05, 4.69) is 32.2 Å². The van der Waals surface area contributed by atoms with Gasteiger partial charge in [0, 0.05) is 6.54 Å². The lowest BCUT2D eigenvalue weighted by molar-refractivity contribution is 0.107. The fraction of sp³-hybridized carbons (Fsp3) is 0.688. The van der Waals surface area contributed by atoms with E-state index >= 15 is 0 Å². The molecule has 0 aromatic heterocycles. The average Bonchev–Trinajstić information content (AvgIpc) is 2.25. The van der Waals surface area contributed by atoms with Crippen LogP contribution in [0.25, 0.3) is 0 Å². The molecule has 19 heavy (non-hydrogen) atoms. The van der Waals surface area contributed by atoms with Gasteiger partial charge in [0.25, 0.3) is 0 Å². The van der Waals surface area contributed by atoms with E-state index in [9.17, 15) is 4.79 Å². The van der Waals surface area contributed by atoms with E-state index in [4.69, 9.17) is 4.74 Å². The van der Waals surface area contributed by atoms with Crippen molar-refractivity contribution in [1.82, 2.24) is 5.32 Å². The van der Waals surface area contributed by atoms with Crippen LogP contribution in [0.15, 0.2) is 23.3 Å². The first-order valence-corrected chi connectivity index (χ1v) is 6.90. The predicted octanol–water partition coefficient (Wildman–Crippen LogP) is 4.45. The fourth-order valence-electron chi connectivity index (χ4n) is 1.33. The molecule has 3 nitrogen and oxygen atoms in total. The van der Waals surface area contributed by atoms with Crippen molar-refractivity contribution in [3.63, 3.8) is 0 Å². The van der Waals surface area contributed by atoms with E-state index in [0.29, 0.717) is 13.2 Å². The molecule has 3 heteroatoms. The highest BCUT2D eigenvalue weighted by Crippen LogP contribution is 2.12. The minimum absolute atomic E-state index is 0.00738. The van der Waals surface area contributed by atoms with E-state index in [1.807, 2.05) is 26.8 Å². The zero-order valence-corrected chi connectivity index (χ0v) is 13.3. The van der Waals surface area contributed by atoms with Crippen molar-refractivity contribution < 1.29 is 9.53 Å². The van der Waals surface area contributed by atoms with Gasteiger partial charge in [0.2, 0.25) is 0 Å². The number of hydrogen-bond donors (Lipinski definition) is 1. The van der Waals surface area contributed by atoms with Gasteiger partial charge in [-0.25, -0.2) is 4.79 Å². The van der Waals surface area contributed by atoms with Crippen LogP contribution in [0.5, 0.6) is 0 Å². The molecule has 1 N–H and O–H groups in total. The molecule has 0 spiro atoms. The molecule has 0 bridgehead atoms. The zero-order valence-electron chi connectivity index (χ0n) is 13.3. The molecule has 0 aliphatic rings. The zero-order chi connectivity index (χ0) is 14.9. The lowest BCUT2D eigenvalue weighted by atomic mass is 9.99. The highest BCUT2D eigenvalue weighted by Gasteiger charge is 2.12. The Kier molecular flexibility index (Phi) is 8.21. The lowest BCUT2D eigenvalue weighted by Gasteiger charge is -2.17. The van der Waals surface area contributed by atoms with Gasteiger partial charge in [0.1, 0.15) is 0 Å². The number of allylic oxidation sites excluding steroid dienone is 3. The van der Waals surface area contributed by atoms with Gasteiger partial charge in [0.15, 0.2) is 0 Å². The Morgan fingerprint density at radius 1 is 1.16 bits per heavy atom. The van der Waals surface area contributed by atoms with Crippen LogP contribution in [-0.2, 0) is 4.74 Å². The van der Waals surface area contributed by atoms with E-state index in [0.717, 1.165) is 12.8 Å². The number of alkyl carbamates (subject to hydrolysis) is 1. The largest absolute Gasteiger partial charge is 0.449 e. The summed E-state index contributed by atoms with van der Waals surface area (Å²) in [6.07, 6.45) is 6.01. The Labute approximate surface area is 118 Å². The second kappa shape index (κ2) is 8.78. The van der Waals surface area contributed by atoms with Crippen LogP contribution in [-0.4, -0.2) is 19.2 Å². The minimum Gasteiger partial charge on any atom is -0.449 e. The van der Waals surface area contributed by atoms with Crippen molar-refractivity contribution in [2.75, 3.05) is 13.2 Å². The fourth-order valence-corrected chi connectivity index (χ4v) is 1.33. The summed E-state index contributed by atoms with van der Waals surface area (Å²) in [6.45, 7) is 13.4. The third kappa shape index (κ3) is 13.0. The average molecular weight is 267 g/mol. The summed E-state index contributed by atoms with van der Waals surface area (Å²) in [5.41, 5.74) is 2.64. The maximum absolute atomic E-state index is 11.4. The summed E-state index contributed by atoms with van der Waals surface area (Å²) in [7, 11) is 0. The molecular weight excluding hydrogens is 238 g/mol. The summed E-state index contributed by atoms with van der Waals surface area (Å²) < 4.78 is 5.11. The SMILES string of the molecule is CC(C)=CCC/C(C)=C/CNC(=O)OCC(C)(C)C. The molecule has 0 heterocycles. The number of nitrogens with one attached hydrogen (secondary N) is 1. The quantitative estimate of drug-likeness (QED) is 0.722. The summed E-state index contributed by atoms with van der Waals surface area (Å²) in [4.78, 5) is 11.4. The molecule has 0 rings (SSSR count). The summed E-state index contributed by atoms with van der Waals surface area (Å²) in [5.74, 6) is 0. The van der Waals surface area contributed by atoms with Crippen LogP contribution in [0, 0.1) is 5.41 Å². The molecule has 0 aromatic carbocycles. The predicted molar refractivity (Wildman–Crippen MR) is 81.2 cm³/mol. The van der Waals surface area contributed by atoms with Crippen LogP contribution >= 0.6 is 0 Å². The molecule has 0 unspecified atom stereocenters. The molecule has 110 valence electrons. The van der Waals surface area contributed by atoms with Crippen molar-refractivity contribution in [2.24, 2.45) is 5.41 Å². The van der Waals surface area contributed by atoms with Crippen LogP contribution < -0.4 is 5.32 Å². The maximum Gasteiger partial charge on any atom is 0.407 e. The van der Waals surface area contributed by atoms with Gasteiger partial charge < -0.3 is 10.1 Å². The molecule has 0 fully saturated rings. The molecule has 0 aliphatic heterocycles. The normalized spacial score (nSPS) is 12.0. The van der Waals surface area contributed by atoms with Crippen LogP contribution in [0.3, 0.4) is 0 Å². The number of hydrogen-bond acceptors (Lipinski definition) is 2. The van der Waals surface area contributed by atoms with Gasteiger partial charge in [-0.15, -0.1) is 0 Å².